The van der Waals surface area contributed by atoms with Crippen molar-refractivity contribution in [1.29, 1.82) is 0 Å². The minimum Gasteiger partial charge on any atom is -0.508 e. The Morgan fingerprint density at radius 3 is 1.35 bits per heavy atom. The van der Waals surface area contributed by atoms with Gasteiger partial charge in [-0.15, -0.1) is 0 Å². The highest BCUT2D eigenvalue weighted by molar-refractivity contribution is 5.99. The fourth-order valence-corrected chi connectivity index (χ4v) is 11.5. The zero-order chi connectivity index (χ0) is 74.2. The van der Waals surface area contributed by atoms with Crippen LogP contribution in [0.4, 0.5) is 21.2 Å². The molecular weight excluding hydrogens is 1320 g/mol. The monoisotopic (exact) mass is 1410 g/mol. The Morgan fingerprint density at radius 1 is 0.490 bits per heavy atom. The van der Waals surface area contributed by atoms with E-state index in [1.807, 2.05) is 153 Å². The highest BCUT2D eigenvalue weighted by atomic mass is 16.6. The van der Waals surface area contributed by atoms with E-state index < -0.39 is 47.2 Å². The van der Waals surface area contributed by atoms with Crippen molar-refractivity contribution in [3.63, 3.8) is 0 Å². The molecule has 3 N–H and O–H groups in total. The van der Waals surface area contributed by atoms with Gasteiger partial charge in [0.15, 0.2) is 11.6 Å². The van der Waals surface area contributed by atoms with Gasteiger partial charge in [-0.2, -0.15) is 0 Å². The predicted octanol–water partition coefficient (Wildman–Crippen LogP) is 16.2. The summed E-state index contributed by atoms with van der Waals surface area (Å²) in [4.78, 5) is 114. The van der Waals surface area contributed by atoms with Crippen LogP contribution in [0.2, 0.25) is 0 Å². The third-order valence-electron chi connectivity index (χ3n) is 16.7. The summed E-state index contributed by atoms with van der Waals surface area (Å²) in [6.45, 7) is 15.0. The smallest absolute Gasteiger partial charge is 0.416 e. The number of anilines is 2. The maximum atomic E-state index is 13.2. The Hall–Kier alpha value is -11.3. The normalized spacial score (nSPS) is 11.7. The molecule has 0 radical (unpaired) electrons. The van der Waals surface area contributed by atoms with Crippen LogP contribution in [0, 0.1) is 13.8 Å². The van der Waals surface area contributed by atoms with E-state index in [2.05, 4.69) is 32.7 Å². The average Bonchev–Trinajstić information content (AvgIpc) is 0.800. The Kier molecular flexibility index (Phi) is 29.3. The second kappa shape index (κ2) is 38.1. The Bertz CT molecular complexity index is 4410. The summed E-state index contributed by atoms with van der Waals surface area (Å²) >= 11 is 0. The Morgan fingerprint density at radius 2 is 0.923 bits per heavy atom. The van der Waals surface area contributed by atoms with Crippen LogP contribution in [0.15, 0.2) is 188 Å². The third-order valence-corrected chi connectivity index (χ3v) is 16.7. The predicted molar refractivity (Wildman–Crippen MR) is 406 cm³/mol. The number of carbonyl (C=O) groups is 8. The van der Waals surface area contributed by atoms with Crippen LogP contribution in [0.25, 0.3) is 43.8 Å². The van der Waals surface area contributed by atoms with E-state index >= 15 is 0 Å². The number of esters is 2. The van der Waals surface area contributed by atoms with Gasteiger partial charge in [-0.1, -0.05) is 135 Å². The van der Waals surface area contributed by atoms with E-state index in [-0.39, 0.29) is 101 Å². The Labute approximate surface area is 609 Å². The molecule has 0 unspecified atom stereocenters. The van der Waals surface area contributed by atoms with Gasteiger partial charge in [0.05, 0.1) is 40.2 Å². The first-order valence-corrected chi connectivity index (χ1v) is 34.4. The molecule has 0 aliphatic carbocycles. The number of hydrogen-bond acceptors (Lipinski definition) is 16. The van der Waals surface area contributed by atoms with Gasteiger partial charge in [-0.05, 0) is 188 Å². The van der Waals surface area contributed by atoms with Gasteiger partial charge in [0.1, 0.15) is 40.9 Å². The zero-order valence-corrected chi connectivity index (χ0v) is 60.3. The molecule has 9 rings (SSSR count). The van der Waals surface area contributed by atoms with Crippen molar-refractivity contribution in [3.8, 4) is 33.8 Å². The number of ketones is 2. The van der Waals surface area contributed by atoms with E-state index in [1.54, 1.807) is 78.2 Å². The number of hydrogen-bond donors (Lipinski definition) is 3. The maximum absolute atomic E-state index is 13.2. The molecule has 0 aliphatic heterocycles. The molecular formula is C84H96N6O14. The van der Waals surface area contributed by atoms with Crippen molar-refractivity contribution in [2.24, 2.45) is 0 Å². The van der Waals surface area contributed by atoms with Crippen LogP contribution < -0.4 is 25.2 Å². The van der Waals surface area contributed by atoms with E-state index in [9.17, 15) is 43.5 Å². The molecule has 9 aromatic rings. The van der Waals surface area contributed by atoms with Gasteiger partial charge in [0.25, 0.3) is 0 Å². The van der Waals surface area contributed by atoms with E-state index in [0.717, 1.165) is 77.4 Å². The van der Waals surface area contributed by atoms with Crippen LogP contribution in [0.1, 0.15) is 140 Å². The standard InChI is InChI=1S/C45H49N3O7.C38H43N3O7.CH4/c1-31-22-23-46-41(25-31)48(44(52)55-45(2,3)4)24-10-15-42(50)47-29-37(49)26-36(27-43(51)53-5)33-16-18-35(19-17-33)39-14-9-13-34-20-21-38(28-40(34)39)54-30-32-11-7-6-8-12-32;1-25-17-18-39-34(20-25)41(37(46)48-38(2,3)4)19-7-10-35(44)40-24-31(43)21-29(22-36(45)47-5)26-11-13-28(14-12-26)32-9-6-8-27-15-16-30(42)23-33(27)32;/h6-9,11-14,16-23,25,28,36H,10,15,24,26-27,29-30H2,1-5H3,(H,47,50);6,8-9,11-18,20,23,29,42H,7,10,19,21-22,24H2,1-5H3,(H,40,44);1H4/t36-;29-;/m00./s1. The molecule has 4 amide bonds. The number of aromatic hydroxyl groups is 1. The highest BCUT2D eigenvalue weighted by Crippen LogP contribution is 2.36. The van der Waals surface area contributed by atoms with Gasteiger partial charge in [0, 0.05) is 63.0 Å². The number of carbonyl (C=O) groups excluding carboxylic acids is 8. The lowest BCUT2D eigenvalue weighted by atomic mass is 9.89. The molecule has 20 nitrogen and oxygen atoms in total. The quantitative estimate of drug-likeness (QED) is 0.0291. The van der Waals surface area contributed by atoms with Gasteiger partial charge in [0.2, 0.25) is 11.8 Å². The molecule has 2 atom stereocenters. The van der Waals surface area contributed by atoms with Crippen LogP contribution in [-0.2, 0) is 54.3 Å². The fraction of sp³-hybridized carbons (Fsp3) is 0.333. The molecule has 0 spiro atoms. The van der Waals surface area contributed by atoms with Gasteiger partial charge in [-0.25, -0.2) is 19.6 Å². The topological polar surface area (TPSA) is 259 Å². The number of aryl methyl sites for hydroxylation is 2. The molecule has 2 heterocycles. The molecule has 0 saturated heterocycles. The number of ether oxygens (including phenoxy) is 5. The molecule has 7 aromatic carbocycles. The highest BCUT2D eigenvalue weighted by Gasteiger charge is 2.28. The summed E-state index contributed by atoms with van der Waals surface area (Å²) in [7, 11) is 2.63. The minimum atomic E-state index is -0.704. The van der Waals surface area contributed by atoms with E-state index in [1.165, 1.54) is 24.0 Å². The third kappa shape index (κ3) is 24.8. The van der Waals surface area contributed by atoms with E-state index in [4.69, 9.17) is 23.7 Å². The summed E-state index contributed by atoms with van der Waals surface area (Å²) in [5.74, 6) is -1.06. The first-order valence-electron chi connectivity index (χ1n) is 34.4. The molecule has 0 bridgehead atoms. The van der Waals surface area contributed by atoms with Gasteiger partial charge < -0.3 is 39.4 Å². The van der Waals surface area contributed by atoms with Crippen molar-refractivity contribution in [1.82, 2.24) is 20.6 Å². The summed E-state index contributed by atoms with van der Waals surface area (Å²) in [5, 5.41) is 19.4. The summed E-state index contributed by atoms with van der Waals surface area (Å²) in [6.07, 6.45) is 3.01. The first kappa shape index (κ1) is 80.0. The minimum absolute atomic E-state index is 0. The number of benzene rings is 7. The lowest BCUT2D eigenvalue weighted by Gasteiger charge is -2.27. The van der Waals surface area contributed by atoms with Gasteiger partial charge in [-0.3, -0.25) is 38.6 Å². The van der Waals surface area contributed by atoms with Crippen LogP contribution >= 0.6 is 0 Å². The van der Waals surface area contributed by atoms with Crippen LogP contribution in [-0.4, -0.2) is 114 Å². The molecule has 104 heavy (non-hydrogen) atoms. The lowest BCUT2D eigenvalue weighted by Crippen LogP contribution is -2.38. The number of nitrogens with one attached hydrogen (secondary N) is 2. The largest absolute Gasteiger partial charge is 0.508 e. The molecule has 0 aliphatic rings. The molecule has 20 heteroatoms. The number of Topliss-reactive ketones (excluding diaryl/α,β-unsaturated/α-hetero) is 2. The summed E-state index contributed by atoms with van der Waals surface area (Å²) in [6, 6.07) is 56.1. The fourth-order valence-electron chi connectivity index (χ4n) is 11.5. The number of methoxy groups -OCH3 is 2. The van der Waals surface area contributed by atoms with Crippen molar-refractivity contribution < 1.29 is 67.1 Å². The van der Waals surface area contributed by atoms with Crippen molar-refractivity contribution in [2.45, 2.75) is 144 Å². The second-order valence-corrected chi connectivity index (χ2v) is 27.3. The molecule has 2 aromatic heterocycles. The van der Waals surface area contributed by atoms with Gasteiger partial charge >= 0.3 is 24.1 Å². The summed E-state index contributed by atoms with van der Waals surface area (Å²) in [5.41, 5.74) is 7.03. The number of amides is 4. The van der Waals surface area contributed by atoms with Crippen molar-refractivity contribution >= 4 is 80.7 Å². The molecule has 0 fully saturated rings. The van der Waals surface area contributed by atoms with Crippen molar-refractivity contribution in [3.05, 3.63) is 216 Å². The zero-order valence-electron chi connectivity index (χ0n) is 60.3. The SMILES string of the molecule is C.COC(=O)C[C@H](CC(=O)CNC(=O)CCCN(C(=O)OC(C)(C)C)c1cc(C)ccn1)c1ccc(-c2cccc3ccc(O)cc23)cc1.COC(=O)C[C@H](CC(=O)CNC(=O)CCCN(C(=O)OC(C)(C)C)c1cc(C)ccn1)c1ccc(-c2cccc3ccc(OCc4ccccc4)cc23)cc1. The molecule has 546 valence electrons. The lowest BCUT2D eigenvalue weighted by molar-refractivity contribution is -0.142. The number of aromatic nitrogens is 2. The van der Waals surface area contributed by atoms with E-state index in [0.29, 0.717) is 31.1 Å². The number of phenolic OH excluding ortho intramolecular Hbond substituents is 1. The number of fused-ring (bicyclic) bond motifs is 2. The number of pyridine rings is 2. The second-order valence-electron chi connectivity index (χ2n) is 27.3. The van der Waals surface area contributed by atoms with Crippen molar-refractivity contribution in [2.75, 3.05) is 50.2 Å². The number of rotatable bonds is 29. The summed E-state index contributed by atoms with van der Waals surface area (Å²) < 4.78 is 27.1. The van der Waals surface area contributed by atoms with Crippen LogP contribution in [0.3, 0.4) is 0 Å². The first-order chi connectivity index (χ1) is 49.2. The maximum Gasteiger partial charge on any atom is 0.416 e. The Balaban J connectivity index is 0.000000291. The molecule has 0 saturated carbocycles. The average molecular weight is 1410 g/mol. The number of nitrogens with zero attached hydrogens (tertiary/aromatic N) is 4. The van der Waals surface area contributed by atoms with Crippen LogP contribution in [0.5, 0.6) is 11.5 Å². The number of phenols is 1.